The van der Waals surface area contributed by atoms with E-state index in [1.54, 1.807) is 12.1 Å². The van der Waals surface area contributed by atoms with Gasteiger partial charge in [0, 0.05) is 12.1 Å². The molecule has 0 aliphatic carbocycles. The number of carbonyl (C=O) groups is 2. The number of amides is 1. The smallest absolute Gasteiger partial charge is 0.295 e. The Labute approximate surface area is 175 Å². The molecule has 2 aromatic carbocycles. The summed E-state index contributed by atoms with van der Waals surface area (Å²) in [4.78, 5) is 29.2. The van der Waals surface area contributed by atoms with Crippen molar-refractivity contribution >= 4 is 17.4 Å². The van der Waals surface area contributed by atoms with E-state index in [0.29, 0.717) is 18.5 Å². The molecule has 1 aliphatic heterocycles. The van der Waals surface area contributed by atoms with Gasteiger partial charge in [-0.2, -0.15) is 0 Å². The second-order valence-corrected chi connectivity index (χ2v) is 7.41. The van der Waals surface area contributed by atoms with Crippen molar-refractivity contribution < 1.29 is 23.8 Å². The van der Waals surface area contributed by atoms with Gasteiger partial charge in [0.05, 0.1) is 18.7 Å². The van der Waals surface area contributed by atoms with Crippen LogP contribution in [0.4, 0.5) is 4.39 Å². The molecule has 2 aromatic rings. The molecule has 0 radical (unpaired) electrons. The number of methoxy groups -OCH3 is 1. The molecule has 1 saturated heterocycles. The molecule has 7 heteroatoms. The van der Waals surface area contributed by atoms with Gasteiger partial charge in [-0.3, -0.25) is 9.59 Å². The van der Waals surface area contributed by atoms with Crippen LogP contribution in [0.25, 0.3) is 5.76 Å². The molecular formula is C23H25FN2O4. The fraction of sp³-hybridized carbons (Fsp3) is 0.304. The lowest BCUT2D eigenvalue weighted by Gasteiger charge is -2.26. The highest BCUT2D eigenvalue weighted by Crippen LogP contribution is 2.39. The van der Waals surface area contributed by atoms with E-state index in [9.17, 15) is 19.1 Å². The summed E-state index contributed by atoms with van der Waals surface area (Å²) in [5.41, 5.74) is 0.776. The Morgan fingerprint density at radius 3 is 2.47 bits per heavy atom. The Bertz CT molecular complexity index is 972. The number of halogens is 1. The minimum absolute atomic E-state index is 0.0234. The molecule has 0 unspecified atom stereocenters. The molecule has 1 fully saturated rings. The van der Waals surface area contributed by atoms with Crippen LogP contribution in [0.3, 0.4) is 0 Å². The quantitative estimate of drug-likeness (QED) is 0.430. The van der Waals surface area contributed by atoms with Gasteiger partial charge in [-0.15, -0.1) is 0 Å². The zero-order valence-corrected chi connectivity index (χ0v) is 17.3. The number of hydrogen-bond acceptors (Lipinski definition) is 5. The van der Waals surface area contributed by atoms with Crippen LogP contribution in [0.1, 0.15) is 23.6 Å². The number of Topliss-reactive ketones (excluding diaryl/α,β-unsaturated/α-hetero) is 1. The summed E-state index contributed by atoms with van der Waals surface area (Å²) >= 11 is 0. The first kappa shape index (κ1) is 21.5. The SMILES string of the molecule is COc1ccc(C(O)=C2C(=O)C(=O)N(CCCN(C)C)[C@@H]2c2ccccc2)cc1F. The largest absolute Gasteiger partial charge is 0.507 e. The van der Waals surface area contributed by atoms with Crippen molar-refractivity contribution in [2.45, 2.75) is 12.5 Å². The van der Waals surface area contributed by atoms with Crippen LogP contribution in [0.2, 0.25) is 0 Å². The van der Waals surface area contributed by atoms with Gasteiger partial charge in [0.2, 0.25) is 0 Å². The Hall–Kier alpha value is -3.19. The van der Waals surface area contributed by atoms with Crippen molar-refractivity contribution in [2.24, 2.45) is 0 Å². The van der Waals surface area contributed by atoms with Crippen LogP contribution in [0, 0.1) is 5.82 Å². The summed E-state index contributed by atoms with van der Waals surface area (Å²) in [7, 11) is 5.20. The number of benzene rings is 2. The maximum absolute atomic E-state index is 14.2. The molecule has 6 nitrogen and oxygen atoms in total. The topological polar surface area (TPSA) is 70.1 Å². The van der Waals surface area contributed by atoms with E-state index in [0.717, 1.165) is 12.6 Å². The van der Waals surface area contributed by atoms with E-state index in [1.807, 2.05) is 37.2 Å². The summed E-state index contributed by atoms with van der Waals surface area (Å²) in [5.74, 6) is -2.49. The lowest BCUT2D eigenvalue weighted by atomic mass is 9.95. The van der Waals surface area contributed by atoms with Gasteiger partial charge in [-0.25, -0.2) is 4.39 Å². The van der Waals surface area contributed by atoms with Crippen molar-refractivity contribution in [3.8, 4) is 5.75 Å². The zero-order chi connectivity index (χ0) is 21.8. The van der Waals surface area contributed by atoms with Crippen LogP contribution in [-0.2, 0) is 9.59 Å². The summed E-state index contributed by atoms with van der Waals surface area (Å²) in [6.07, 6.45) is 0.667. The minimum Gasteiger partial charge on any atom is -0.507 e. The minimum atomic E-state index is -0.776. The molecule has 1 atom stereocenters. The molecule has 0 saturated carbocycles. The van der Waals surface area contributed by atoms with Gasteiger partial charge in [0.25, 0.3) is 11.7 Å². The number of ether oxygens (including phenoxy) is 1. The van der Waals surface area contributed by atoms with Crippen molar-refractivity contribution in [1.82, 2.24) is 9.80 Å². The van der Waals surface area contributed by atoms with E-state index in [1.165, 1.54) is 24.1 Å². The molecule has 1 N–H and O–H groups in total. The number of aliphatic hydroxyl groups is 1. The Kier molecular flexibility index (Phi) is 6.52. The normalized spacial score (nSPS) is 18.3. The van der Waals surface area contributed by atoms with Crippen molar-refractivity contribution in [2.75, 3.05) is 34.3 Å². The summed E-state index contributed by atoms with van der Waals surface area (Å²) in [6, 6.07) is 12.2. The van der Waals surface area contributed by atoms with Gasteiger partial charge in [-0.1, -0.05) is 30.3 Å². The van der Waals surface area contributed by atoms with Crippen LogP contribution in [0.5, 0.6) is 5.75 Å². The molecule has 158 valence electrons. The van der Waals surface area contributed by atoms with Crippen LogP contribution in [0.15, 0.2) is 54.1 Å². The number of ketones is 1. The maximum Gasteiger partial charge on any atom is 0.295 e. The summed E-state index contributed by atoms with van der Waals surface area (Å²) in [5, 5.41) is 10.9. The molecule has 1 aliphatic rings. The fourth-order valence-electron chi connectivity index (χ4n) is 3.62. The van der Waals surface area contributed by atoms with Crippen LogP contribution < -0.4 is 4.74 Å². The number of hydrogen-bond donors (Lipinski definition) is 1. The first-order valence-corrected chi connectivity index (χ1v) is 9.67. The number of carbonyl (C=O) groups excluding carboxylic acids is 2. The average molecular weight is 412 g/mol. The molecule has 0 bridgehead atoms. The van der Waals surface area contributed by atoms with Crippen LogP contribution >= 0.6 is 0 Å². The molecule has 1 heterocycles. The lowest BCUT2D eigenvalue weighted by molar-refractivity contribution is -0.139. The second-order valence-electron chi connectivity index (χ2n) is 7.41. The second kappa shape index (κ2) is 9.09. The standard InChI is InChI=1S/C23H25FN2O4/c1-25(2)12-7-13-26-20(15-8-5-4-6-9-15)19(22(28)23(26)29)21(27)16-10-11-18(30-3)17(24)14-16/h4-6,8-11,14,20,27H,7,12-13H2,1-3H3/t20-/m1/s1. The Morgan fingerprint density at radius 2 is 1.87 bits per heavy atom. The average Bonchev–Trinajstić information content (AvgIpc) is 2.98. The highest BCUT2D eigenvalue weighted by atomic mass is 19.1. The molecule has 0 spiro atoms. The first-order chi connectivity index (χ1) is 14.3. The maximum atomic E-state index is 14.2. The lowest BCUT2D eigenvalue weighted by Crippen LogP contribution is -2.32. The third-order valence-corrected chi connectivity index (χ3v) is 5.08. The van der Waals surface area contributed by atoms with Gasteiger partial charge in [0.1, 0.15) is 5.76 Å². The van der Waals surface area contributed by atoms with Crippen LogP contribution in [-0.4, -0.2) is 60.9 Å². The summed E-state index contributed by atoms with van der Waals surface area (Å²) < 4.78 is 19.1. The van der Waals surface area contributed by atoms with Gasteiger partial charge in [0.15, 0.2) is 11.6 Å². The number of likely N-dealkylation sites (tertiary alicyclic amines) is 1. The van der Waals surface area contributed by atoms with E-state index in [2.05, 4.69) is 0 Å². The molecular weight excluding hydrogens is 387 g/mol. The Balaban J connectivity index is 2.08. The highest BCUT2D eigenvalue weighted by molar-refractivity contribution is 6.46. The van der Waals surface area contributed by atoms with Crippen molar-refractivity contribution in [3.63, 3.8) is 0 Å². The zero-order valence-electron chi connectivity index (χ0n) is 17.3. The fourth-order valence-corrected chi connectivity index (χ4v) is 3.62. The third-order valence-electron chi connectivity index (χ3n) is 5.08. The third kappa shape index (κ3) is 4.21. The van der Waals surface area contributed by atoms with Gasteiger partial charge >= 0.3 is 0 Å². The van der Waals surface area contributed by atoms with E-state index >= 15 is 0 Å². The predicted octanol–water partition coefficient (Wildman–Crippen LogP) is 3.21. The molecule has 0 aromatic heterocycles. The molecule has 3 rings (SSSR count). The van der Waals surface area contributed by atoms with E-state index in [-0.39, 0.29) is 16.9 Å². The van der Waals surface area contributed by atoms with Crippen molar-refractivity contribution in [3.05, 3.63) is 71.0 Å². The molecule has 1 amide bonds. The number of rotatable bonds is 7. The predicted molar refractivity (Wildman–Crippen MR) is 112 cm³/mol. The van der Waals surface area contributed by atoms with Crippen molar-refractivity contribution in [1.29, 1.82) is 0 Å². The van der Waals surface area contributed by atoms with Gasteiger partial charge < -0.3 is 19.6 Å². The number of nitrogens with zero attached hydrogens (tertiary/aromatic N) is 2. The van der Waals surface area contributed by atoms with Gasteiger partial charge in [-0.05, 0) is 50.8 Å². The van der Waals surface area contributed by atoms with E-state index in [4.69, 9.17) is 4.74 Å². The Morgan fingerprint density at radius 1 is 1.17 bits per heavy atom. The molecule has 30 heavy (non-hydrogen) atoms. The van der Waals surface area contributed by atoms with E-state index < -0.39 is 29.3 Å². The number of aliphatic hydroxyl groups excluding tert-OH is 1. The monoisotopic (exact) mass is 412 g/mol. The first-order valence-electron chi connectivity index (χ1n) is 9.67. The highest BCUT2D eigenvalue weighted by Gasteiger charge is 2.45. The summed E-state index contributed by atoms with van der Waals surface area (Å²) in [6.45, 7) is 1.10.